The Hall–Kier alpha value is -0.650. The fourth-order valence-corrected chi connectivity index (χ4v) is 2.72. The van der Waals surface area contributed by atoms with Crippen LogP contribution in [-0.4, -0.2) is 67.1 Å². The third-order valence-electron chi connectivity index (χ3n) is 4.06. The second kappa shape index (κ2) is 6.68. The van der Waals surface area contributed by atoms with E-state index in [4.69, 9.17) is 5.73 Å². The molecule has 2 unspecified atom stereocenters. The molecule has 1 rings (SSSR count). The van der Waals surface area contributed by atoms with E-state index in [9.17, 15) is 4.79 Å². The first kappa shape index (κ1) is 16.4. The summed E-state index contributed by atoms with van der Waals surface area (Å²) < 4.78 is 0. The molecule has 0 radical (unpaired) electrons. The van der Waals surface area contributed by atoms with E-state index >= 15 is 0 Å². The lowest BCUT2D eigenvalue weighted by molar-refractivity contribution is -0.124. The van der Waals surface area contributed by atoms with Gasteiger partial charge in [0.25, 0.3) is 0 Å². The molecule has 5 heteroatoms. The highest BCUT2D eigenvalue weighted by molar-refractivity contribution is 5.84. The number of carbonyl (C=O) groups is 1. The molecule has 1 aliphatic heterocycles. The maximum absolute atomic E-state index is 11.7. The predicted octanol–water partition coefficient (Wildman–Crippen LogP) is 0.254. The number of rotatable bonds is 7. The Morgan fingerprint density at radius 1 is 1.53 bits per heavy atom. The van der Waals surface area contributed by atoms with Crippen molar-refractivity contribution < 1.29 is 4.79 Å². The maximum atomic E-state index is 11.7. The van der Waals surface area contributed by atoms with Crippen molar-refractivity contribution in [1.29, 1.82) is 0 Å². The first-order valence-corrected chi connectivity index (χ1v) is 7.21. The molecule has 1 aliphatic rings. The molecule has 0 bridgehead atoms. The van der Waals surface area contributed by atoms with E-state index in [1.807, 2.05) is 20.8 Å². The topological polar surface area (TPSA) is 61.6 Å². The number of likely N-dealkylation sites (tertiary alicyclic amines) is 1. The third kappa shape index (κ3) is 4.75. The van der Waals surface area contributed by atoms with Crippen molar-refractivity contribution in [2.75, 3.05) is 33.7 Å². The Morgan fingerprint density at radius 3 is 2.58 bits per heavy atom. The van der Waals surface area contributed by atoms with Crippen LogP contribution in [0.25, 0.3) is 0 Å². The van der Waals surface area contributed by atoms with Crippen molar-refractivity contribution >= 4 is 5.91 Å². The van der Waals surface area contributed by atoms with Crippen LogP contribution >= 0.6 is 0 Å². The minimum atomic E-state index is -0.607. The normalized spacial score (nSPS) is 24.1. The van der Waals surface area contributed by atoms with Gasteiger partial charge in [-0.3, -0.25) is 4.79 Å². The fraction of sp³-hybridized carbons (Fsp3) is 0.929. The van der Waals surface area contributed by atoms with Crippen LogP contribution < -0.4 is 11.1 Å². The van der Waals surface area contributed by atoms with Crippen molar-refractivity contribution in [2.45, 2.75) is 51.2 Å². The van der Waals surface area contributed by atoms with Crippen molar-refractivity contribution in [3.05, 3.63) is 0 Å². The summed E-state index contributed by atoms with van der Waals surface area (Å²) in [5, 5.41) is 3.30. The lowest BCUT2D eigenvalue weighted by atomic mass is 9.95. The van der Waals surface area contributed by atoms with E-state index in [-0.39, 0.29) is 11.9 Å². The van der Waals surface area contributed by atoms with Gasteiger partial charge in [0.2, 0.25) is 5.91 Å². The van der Waals surface area contributed by atoms with Crippen LogP contribution in [0.4, 0.5) is 0 Å². The zero-order chi connectivity index (χ0) is 14.6. The van der Waals surface area contributed by atoms with Gasteiger partial charge >= 0.3 is 0 Å². The minimum absolute atomic E-state index is 0.255. The maximum Gasteiger partial charge on any atom is 0.237 e. The number of hydrogen-bond acceptors (Lipinski definition) is 4. The SMILES string of the molecule is CC(C)NC(C)(CCN1CCC(N(C)C)C1)C(N)=O. The summed E-state index contributed by atoms with van der Waals surface area (Å²) in [6.45, 7) is 9.11. The molecule has 3 N–H and O–H groups in total. The van der Waals surface area contributed by atoms with Gasteiger partial charge in [-0.15, -0.1) is 0 Å². The molecule has 0 aromatic heterocycles. The summed E-state index contributed by atoms with van der Waals surface area (Å²) in [6, 6.07) is 0.892. The first-order chi connectivity index (χ1) is 8.74. The average Bonchev–Trinajstić information content (AvgIpc) is 2.74. The van der Waals surface area contributed by atoms with Crippen molar-refractivity contribution in [2.24, 2.45) is 5.73 Å². The summed E-state index contributed by atoms with van der Waals surface area (Å²) >= 11 is 0. The highest BCUT2D eigenvalue weighted by atomic mass is 16.1. The van der Waals surface area contributed by atoms with E-state index in [1.54, 1.807) is 0 Å². The molecule has 19 heavy (non-hydrogen) atoms. The zero-order valence-corrected chi connectivity index (χ0v) is 13.1. The lowest BCUT2D eigenvalue weighted by Crippen LogP contribution is -2.56. The van der Waals surface area contributed by atoms with Gasteiger partial charge in [-0.1, -0.05) is 0 Å². The Bertz CT molecular complexity index is 306. The Morgan fingerprint density at radius 2 is 2.16 bits per heavy atom. The number of hydrogen-bond donors (Lipinski definition) is 2. The molecule has 0 aromatic rings. The van der Waals surface area contributed by atoms with Crippen LogP contribution in [0.5, 0.6) is 0 Å². The van der Waals surface area contributed by atoms with E-state index in [1.165, 1.54) is 6.42 Å². The van der Waals surface area contributed by atoms with Gasteiger partial charge in [-0.05, 0) is 54.3 Å². The quantitative estimate of drug-likeness (QED) is 0.696. The summed E-state index contributed by atoms with van der Waals surface area (Å²) in [5.41, 5.74) is 4.94. The summed E-state index contributed by atoms with van der Waals surface area (Å²) in [6.07, 6.45) is 1.97. The fourth-order valence-electron chi connectivity index (χ4n) is 2.72. The van der Waals surface area contributed by atoms with Crippen LogP contribution in [0.1, 0.15) is 33.6 Å². The molecule has 1 heterocycles. The molecule has 0 saturated carbocycles. The van der Waals surface area contributed by atoms with E-state index in [0.717, 1.165) is 26.1 Å². The van der Waals surface area contributed by atoms with Crippen LogP contribution in [-0.2, 0) is 4.79 Å². The molecule has 112 valence electrons. The van der Waals surface area contributed by atoms with Gasteiger partial charge < -0.3 is 20.9 Å². The van der Waals surface area contributed by atoms with Crippen molar-refractivity contribution in [3.8, 4) is 0 Å². The second-order valence-electron chi connectivity index (χ2n) is 6.45. The average molecular weight is 270 g/mol. The molecule has 2 atom stereocenters. The molecule has 1 saturated heterocycles. The van der Waals surface area contributed by atoms with Crippen LogP contribution in [0.3, 0.4) is 0 Å². The monoisotopic (exact) mass is 270 g/mol. The van der Waals surface area contributed by atoms with Gasteiger partial charge in [0, 0.05) is 25.2 Å². The van der Waals surface area contributed by atoms with Crippen molar-refractivity contribution in [1.82, 2.24) is 15.1 Å². The van der Waals surface area contributed by atoms with Crippen LogP contribution in [0.2, 0.25) is 0 Å². The lowest BCUT2D eigenvalue weighted by Gasteiger charge is -2.31. The van der Waals surface area contributed by atoms with Crippen LogP contribution in [0.15, 0.2) is 0 Å². The smallest absolute Gasteiger partial charge is 0.237 e. The summed E-state index contributed by atoms with van der Waals surface area (Å²) in [7, 11) is 4.25. The van der Waals surface area contributed by atoms with Gasteiger partial charge in [-0.2, -0.15) is 0 Å². The minimum Gasteiger partial charge on any atom is -0.368 e. The molecule has 1 amide bonds. The molecule has 1 fully saturated rings. The molecule has 5 nitrogen and oxygen atoms in total. The highest BCUT2D eigenvalue weighted by Crippen LogP contribution is 2.17. The largest absolute Gasteiger partial charge is 0.368 e. The summed E-state index contributed by atoms with van der Waals surface area (Å²) in [4.78, 5) is 16.4. The standard InChI is InChI=1S/C14H30N4O/c1-11(2)16-14(3,13(15)19)7-9-18-8-6-12(10-18)17(4)5/h11-12,16H,6-10H2,1-5H3,(H2,15,19). The third-order valence-corrected chi connectivity index (χ3v) is 4.06. The zero-order valence-electron chi connectivity index (χ0n) is 13.1. The van der Waals surface area contributed by atoms with Gasteiger partial charge in [-0.25, -0.2) is 0 Å². The first-order valence-electron chi connectivity index (χ1n) is 7.21. The predicted molar refractivity (Wildman–Crippen MR) is 79.0 cm³/mol. The number of carbonyl (C=O) groups excluding carboxylic acids is 1. The number of likely N-dealkylation sites (N-methyl/N-ethyl adjacent to an activating group) is 1. The van der Waals surface area contributed by atoms with Crippen molar-refractivity contribution in [3.63, 3.8) is 0 Å². The molecule has 0 spiro atoms. The molecular formula is C14H30N4O. The number of amides is 1. The highest BCUT2D eigenvalue weighted by Gasteiger charge is 2.33. The summed E-state index contributed by atoms with van der Waals surface area (Å²) in [5.74, 6) is -0.260. The number of nitrogens with two attached hydrogens (primary N) is 1. The Kier molecular flexibility index (Phi) is 5.77. The number of nitrogens with one attached hydrogen (secondary N) is 1. The van der Waals surface area contributed by atoms with Gasteiger partial charge in [0.05, 0.1) is 5.54 Å². The van der Waals surface area contributed by atoms with E-state index in [2.05, 4.69) is 29.2 Å². The molecule has 0 aromatic carbocycles. The van der Waals surface area contributed by atoms with Crippen LogP contribution in [0, 0.1) is 0 Å². The Labute approximate surface area is 117 Å². The molecular weight excluding hydrogens is 240 g/mol. The van der Waals surface area contributed by atoms with Gasteiger partial charge in [0.1, 0.15) is 0 Å². The van der Waals surface area contributed by atoms with Gasteiger partial charge in [0.15, 0.2) is 0 Å². The second-order valence-corrected chi connectivity index (χ2v) is 6.45. The molecule has 0 aliphatic carbocycles. The van der Waals surface area contributed by atoms with E-state index < -0.39 is 5.54 Å². The van der Waals surface area contributed by atoms with E-state index in [0.29, 0.717) is 6.04 Å². The Balaban J connectivity index is 2.47. The number of nitrogens with zero attached hydrogens (tertiary/aromatic N) is 2. The number of primary amides is 1.